The fourth-order valence-electron chi connectivity index (χ4n) is 2.88. The van der Waals surface area contributed by atoms with E-state index in [1.165, 1.54) is 12.1 Å². The van der Waals surface area contributed by atoms with Crippen LogP contribution in [0.5, 0.6) is 5.75 Å². The van der Waals surface area contributed by atoms with E-state index in [4.69, 9.17) is 9.26 Å². The molecule has 0 aliphatic carbocycles. The van der Waals surface area contributed by atoms with Gasteiger partial charge in [-0.3, -0.25) is 4.98 Å². The van der Waals surface area contributed by atoms with Gasteiger partial charge in [0.05, 0.1) is 19.5 Å². The molecule has 0 amide bonds. The van der Waals surface area contributed by atoms with E-state index in [2.05, 4.69) is 25.1 Å². The number of hydrogen-bond acceptors (Lipinski definition) is 7. The Balaban J connectivity index is 1.75. The van der Waals surface area contributed by atoms with Gasteiger partial charge >= 0.3 is 0 Å². The fraction of sp³-hybridized carbons (Fsp3) is 0.150. The highest BCUT2D eigenvalue weighted by molar-refractivity contribution is 5.72. The molecule has 0 aliphatic rings. The summed E-state index contributed by atoms with van der Waals surface area (Å²) < 4.78 is 23.8. The number of aryl methyl sites for hydroxylation is 1. The predicted octanol–water partition coefficient (Wildman–Crippen LogP) is 4.02. The van der Waals surface area contributed by atoms with Gasteiger partial charge in [0.2, 0.25) is 5.82 Å². The van der Waals surface area contributed by atoms with Crippen LogP contribution >= 0.6 is 0 Å². The lowest BCUT2D eigenvalue weighted by atomic mass is 10.0. The maximum Gasteiger partial charge on any atom is 0.276 e. The average molecular weight is 377 g/mol. The van der Waals surface area contributed by atoms with Gasteiger partial charge in [0.15, 0.2) is 0 Å². The monoisotopic (exact) mass is 377 g/mol. The van der Waals surface area contributed by atoms with E-state index in [1.54, 1.807) is 19.5 Å². The summed E-state index contributed by atoms with van der Waals surface area (Å²) in [6.45, 7) is 3.85. The summed E-state index contributed by atoms with van der Waals surface area (Å²) in [5.74, 6) is 0.786. The van der Waals surface area contributed by atoms with E-state index in [9.17, 15) is 4.39 Å². The second-order valence-corrected chi connectivity index (χ2v) is 6.18. The third kappa shape index (κ3) is 3.32. The molecule has 0 radical (unpaired) electrons. The van der Waals surface area contributed by atoms with Crippen molar-refractivity contribution in [1.29, 1.82) is 0 Å². The number of halogens is 1. The van der Waals surface area contributed by atoms with Crippen molar-refractivity contribution in [3.05, 3.63) is 59.9 Å². The Morgan fingerprint density at radius 2 is 1.86 bits per heavy atom. The van der Waals surface area contributed by atoms with Crippen LogP contribution in [0, 0.1) is 19.7 Å². The second-order valence-electron chi connectivity index (χ2n) is 6.18. The maximum absolute atomic E-state index is 13.1. The zero-order valence-corrected chi connectivity index (χ0v) is 15.5. The zero-order valence-electron chi connectivity index (χ0n) is 15.5. The molecule has 8 heteroatoms. The van der Waals surface area contributed by atoms with Crippen LogP contribution in [0.2, 0.25) is 0 Å². The van der Waals surface area contributed by atoms with Crippen molar-refractivity contribution in [2.75, 3.05) is 7.11 Å². The Labute approximate surface area is 160 Å². The number of pyridine rings is 3. The number of ether oxygens (including phenoxy) is 1. The molecule has 0 spiro atoms. The third-order valence-electron chi connectivity index (χ3n) is 4.25. The molecule has 0 bridgehead atoms. The normalized spacial score (nSPS) is 10.9. The first-order chi connectivity index (χ1) is 13.5. The SMILES string of the molecule is COc1cncc(-c2cc(C)nc(-c3nc(-c4ccc(F)cn4)no3)c2)c1C. The topological polar surface area (TPSA) is 86.8 Å². The number of hydrogen-bond donors (Lipinski definition) is 0. The van der Waals surface area contributed by atoms with E-state index in [0.29, 0.717) is 17.1 Å². The maximum atomic E-state index is 13.1. The van der Waals surface area contributed by atoms with Crippen LogP contribution in [-0.4, -0.2) is 32.2 Å². The largest absolute Gasteiger partial charge is 0.495 e. The van der Waals surface area contributed by atoms with E-state index in [1.807, 2.05) is 26.0 Å². The van der Waals surface area contributed by atoms with Gasteiger partial charge < -0.3 is 9.26 Å². The van der Waals surface area contributed by atoms with Gasteiger partial charge in [-0.25, -0.2) is 14.4 Å². The molecule has 0 saturated carbocycles. The van der Waals surface area contributed by atoms with E-state index in [-0.39, 0.29) is 11.7 Å². The van der Waals surface area contributed by atoms with Gasteiger partial charge in [0.25, 0.3) is 5.89 Å². The first-order valence-corrected chi connectivity index (χ1v) is 8.49. The molecule has 0 saturated heterocycles. The Morgan fingerprint density at radius 1 is 1.00 bits per heavy atom. The quantitative estimate of drug-likeness (QED) is 0.531. The second kappa shape index (κ2) is 7.15. The lowest BCUT2D eigenvalue weighted by Gasteiger charge is -2.10. The van der Waals surface area contributed by atoms with Gasteiger partial charge in [-0.1, -0.05) is 5.16 Å². The molecule has 28 heavy (non-hydrogen) atoms. The van der Waals surface area contributed by atoms with E-state index < -0.39 is 5.82 Å². The Morgan fingerprint density at radius 3 is 2.61 bits per heavy atom. The number of aromatic nitrogens is 5. The molecule has 140 valence electrons. The van der Waals surface area contributed by atoms with Crippen molar-refractivity contribution in [2.45, 2.75) is 13.8 Å². The van der Waals surface area contributed by atoms with Crippen molar-refractivity contribution in [3.8, 4) is 40.0 Å². The minimum absolute atomic E-state index is 0.250. The summed E-state index contributed by atoms with van der Waals surface area (Å²) in [4.78, 5) is 17.0. The minimum Gasteiger partial charge on any atom is -0.495 e. The predicted molar refractivity (Wildman–Crippen MR) is 100.0 cm³/mol. The molecule has 0 N–H and O–H groups in total. The van der Waals surface area contributed by atoms with E-state index in [0.717, 1.165) is 28.6 Å². The molecule has 0 aromatic carbocycles. The molecule has 4 heterocycles. The Kier molecular flexibility index (Phi) is 4.52. The van der Waals surface area contributed by atoms with Gasteiger partial charge in [0, 0.05) is 23.0 Å². The molecule has 4 rings (SSSR count). The molecular weight excluding hydrogens is 361 g/mol. The molecular formula is C20H16FN5O2. The van der Waals surface area contributed by atoms with Crippen LogP contribution in [0.1, 0.15) is 11.3 Å². The van der Waals surface area contributed by atoms with Gasteiger partial charge in [0.1, 0.15) is 23.0 Å². The molecule has 0 unspecified atom stereocenters. The third-order valence-corrected chi connectivity index (χ3v) is 4.25. The minimum atomic E-state index is -0.431. The van der Waals surface area contributed by atoms with Crippen LogP contribution in [0.4, 0.5) is 4.39 Å². The molecule has 0 aliphatic heterocycles. The van der Waals surface area contributed by atoms with Crippen molar-refractivity contribution in [3.63, 3.8) is 0 Å². The van der Waals surface area contributed by atoms with Gasteiger partial charge in [-0.05, 0) is 43.7 Å². The van der Waals surface area contributed by atoms with Crippen LogP contribution < -0.4 is 4.74 Å². The first-order valence-electron chi connectivity index (χ1n) is 8.49. The molecule has 7 nitrogen and oxygen atoms in total. The highest BCUT2D eigenvalue weighted by Crippen LogP contribution is 2.31. The van der Waals surface area contributed by atoms with E-state index >= 15 is 0 Å². The molecule has 4 aromatic rings. The van der Waals surface area contributed by atoms with Crippen LogP contribution in [0.3, 0.4) is 0 Å². The smallest absolute Gasteiger partial charge is 0.276 e. The molecule has 0 fully saturated rings. The van der Waals surface area contributed by atoms with Crippen molar-refractivity contribution >= 4 is 0 Å². The summed E-state index contributed by atoms with van der Waals surface area (Å²) in [5.41, 5.74) is 4.53. The summed E-state index contributed by atoms with van der Waals surface area (Å²) in [6.07, 6.45) is 4.55. The summed E-state index contributed by atoms with van der Waals surface area (Å²) >= 11 is 0. The average Bonchev–Trinajstić information content (AvgIpc) is 3.18. The number of nitrogens with zero attached hydrogens (tertiary/aromatic N) is 5. The summed E-state index contributed by atoms with van der Waals surface area (Å²) in [7, 11) is 1.61. The van der Waals surface area contributed by atoms with Crippen molar-refractivity contribution < 1.29 is 13.7 Å². The van der Waals surface area contributed by atoms with Crippen LogP contribution in [-0.2, 0) is 0 Å². The van der Waals surface area contributed by atoms with Crippen molar-refractivity contribution in [2.24, 2.45) is 0 Å². The fourth-order valence-corrected chi connectivity index (χ4v) is 2.88. The lowest BCUT2D eigenvalue weighted by molar-refractivity contribution is 0.410. The molecule has 0 atom stereocenters. The van der Waals surface area contributed by atoms with Gasteiger partial charge in [-0.15, -0.1) is 0 Å². The standard InChI is InChI=1S/C20H16FN5O2/c1-11-6-13(15-9-22-10-18(27-3)12(15)2)7-17(24-11)20-25-19(26-28-20)16-5-4-14(21)8-23-16/h4-10H,1-3H3. The van der Waals surface area contributed by atoms with Crippen LogP contribution in [0.25, 0.3) is 34.2 Å². The number of rotatable bonds is 4. The lowest BCUT2D eigenvalue weighted by Crippen LogP contribution is -1.95. The summed E-state index contributed by atoms with van der Waals surface area (Å²) in [5, 5.41) is 3.93. The van der Waals surface area contributed by atoms with Gasteiger partial charge in [-0.2, -0.15) is 4.98 Å². The zero-order chi connectivity index (χ0) is 19.7. The first kappa shape index (κ1) is 17.7. The molecule has 4 aromatic heterocycles. The Bertz CT molecular complexity index is 1140. The highest BCUT2D eigenvalue weighted by Gasteiger charge is 2.16. The highest BCUT2D eigenvalue weighted by atomic mass is 19.1. The Hall–Kier alpha value is -3.68. The summed E-state index contributed by atoms with van der Waals surface area (Å²) in [6, 6.07) is 6.59. The van der Waals surface area contributed by atoms with Crippen LogP contribution in [0.15, 0.2) is 47.4 Å². The number of methoxy groups -OCH3 is 1. The van der Waals surface area contributed by atoms with Crippen molar-refractivity contribution in [1.82, 2.24) is 25.1 Å².